The molecule has 1 aromatic rings. The Balaban J connectivity index is 2.15. The summed E-state index contributed by atoms with van der Waals surface area (Å²) >= 11 is 0. The fourth-order valence-electron chi connectivity index (χ4n) is 9.91. The fourth-order valence-corrected chi connectivity index (χ4v) is 25.8. The highest BCUT2D eigenvalue weighted by Crippen LogP contribution is 2.68. The normalized spacial score (nSPS) is 22.0. The van der Waals surface area contributed by atoms with Crippen LogP contribution in [0.25, 0.3) is 0 Å². The standard InChI is InChI=1S/C42H77N5P2Si2/c1-28(2)36-22-21-23-37(29(3)4)39(36)45(50-27-48-46(41(13,14)15)51(19,20)47(48)42(16,17)18)38-34-24-25-35(26-34)40(38)49(43(30(5)6)31(7)8)44(32(9)10)33(11)12/h21-23,28-35H,24-26H2,1-20H3/t34-,35+/m0/s1. The van der Waals surface area contributed by atoms with Crippen LogP contribution in [0.3, 0.4) is 0 Å². The highest BCUT2D eigenvalue weighted by molar-refractivity contribution is 7.67. The van der Waals surface area contributed by atoms with Crippen LogP contribution in [0.15, 0.2) is 29.2 Å². The molecular formula is C42H77N5P2Si2. The second-order valence-electron chi connectivity index (χ2n) is 19.8. The molecule has 5 nitrogen and oxygen atoms in total. The number of para-hydroxylation sites is 1. The number of rotatable bonds is 11. The van der Waals surface area contributed by atoms with Crippen LogP contribution in [0.4, 0.5) is 5.69 Å². The topological polar surface area (TPSA) is 16.2 Å². The van der Waals surface area contributed by atoms with E-state index in [9.17, 15) is 0 Å². The summed E-state index contributed by atoms with van der Waals surface area (Å²) in [5.41, 5.74) is 6.41. The summed E-state index contributed by atoms with van der Waals surface area (Å²) < 4.78 is 14.6. The number of hydrogen-bond donors (Lipinski definition) is 0. The summed E-state index contributed by atoms with van der Waals surface area (Å²) in [6.07, 6.45) is 3.97. The first-order valence-electron chi connectivity index (χ1n) is 20.3. The molecule has 0 N–H and O–H groups in total. The molecule has 1 aromatic carbocycles. The predicted molar refractivity (Wildman–Crippen MR) is 233 cm³/mol. The first-order chi connectivity index (χ1) is 23.3. The van der Waals surface area contributed by atoms with Gasteiger partial charge in [-0.15, -0.1) is 0 Å². The molecule has 0 amide bonds. The van der Waals surface area contributed by atoms with Crippen molar-refractivity contribution in [1.82, 2.24) is 18.0 Å². The van der Waals surface area contributed by atoms with Gasteiger partial charge in [0, 0.05) is 52.2 Å². The van der Waals surface area contributed by atoms with Gasteiger partial charge in [-0.05, 0) is 158 Å². The van der Waals surface area contributed by atoms with E-state index in [-0.39, 0.29) is 11.1 Å². The minimum absolute atomic E-state index is 0.111. The maximum Gasteiger partial charge on any atom is 0.211 e. The molecule has 1 saturated heterocycles. The van der Waals surface area contributed by atoms with Crippen molar-refractivity contribution in [2.45, 2.75) is 204 Å². The lowest BCUT2D eigenvalue weighted by atomic mass is 9.92. The molecule has 2 aliphatic carbocycles. The summed E-state index contributed by atoms with van der Waals surface area (Å²) in [5, 5.41) is 6.21. The molecule has 1 heterocycles. The molecule has 3 aliphatic rings. The van der Waals surface area contributed by atoms with Crippen LogP contribution in [-0.2, 0) is 0 Å². The Morgan fingerprint density at radius 3 is 1.51 bits per heavy atom. The number of hydrogen-bond acceptors (Lipinski definition) is 5. The van der Waals surface area contributed by atoms with Crippen molar-refractivity contribution < 1.29 is 0 Å². The fraction of sp³-hybridized carbons (Fsp3) is 0.786. The monoisotopic (exact) mass is 770 g/mol. The van der Waals surface area contributed by atoms with E-state index in [4.69, 9.17) is 0 Å². The van der Waals surface area contributed by atoms with Gasteiger partial charge in [0.1, 0.15) is 17.3 Å². The van der Waals surface area contributed by atoms with Crippen LogP contribution in [0, 0.1) is 17.1 Å². The van der Waals surface area contributed by atoms with E-state index >= 15 is 0 Å². The molecule has 4 rings (SSSR count). The van der Waals surface area contributed by atoms with Gasteiger partial charge in [-0.3, -0.25) is 18.0 Å². The Morgan fingerprint density at radius 1 is 0.725 bits per heavy atom. The molecule has 0 radical (unpaired) electrons. The molecule has 288 valence electrons. The van der Waals surface area contributed by atoms with Crippen molar-refractivity contribution in [2.75, 3.05) is 4.57 Å². The van der Waals surface area contributed by atoms with E-state index < -0.39 is 24.8 Å². The molecule has 9 heteroatoms. The lowest BCUT2D eigenvalue weighted by molar-refractivity contribution is 0.243. The smallest absolute Gasteiger partial charge is 0.211 e. The van der Waals surface area contributed by atoms with E-state index in [0.717, 1.165) is 0 Å². The average molecular weight is 770 g/mol. The van der Waals surface area contributed by atoms with Crippen molar-refractivity contribution >= 4 is 39.7 Å². The summed E-state index contributed by atoms with van der Waals surface area (Å²) in [6, 6.07) is 9.10. The molecular weight excluding hydrogens is 693 g/mol. The number of benzene rings is 1. The van der Waals surface area contributed by atoms with Gasteiger partial charge in [0.05, 0.1) is 13.9 Å². The minimum atomic E-state index is -1.81. The molecule has 1 saturated carbocycles. The minimum Gasteiger partial charge on any atom is -0.310 e. The quantitative estimate of drug-likeness (QED) is 0.164. The van der Waals surface area contributed by atoms with Gasteiger partial charge in [-0.1, -0.05) is 51.1 Å². The number of fused-ring (bicyclic) bond motifs is 2. The summed E-state index contributed by atoms with van der Waals surface area (Å²) in [6.45, 7) is 49.0. The SMILES string of the molecule is CC(C)c1cccc(C(C)C)c1N([Si]#CP1N(C(C)(C)C)[Si](C)(C)N1C(C)(C)C)C1=C(P(N(C(C)C)C(C)C)N(C(C)C)C(C)C)[C@@H]2CC[C@H]1C2. The Bertz CT molecular complexity index is 1390. The summed E-state index contributed by atoms with van der Waals surface area (Å²) in [5.74, 6) is 2.16. The van der Waals surface area contributed by atoms with Crippen LogP contribution < -0.4 is 4.57 Å². The van der Waals surface area contributed by atoms with Gasteiger partial charge in [0.25, 0.3) is 0 Å². The predicted octanol–water partition coefficient (Wildman–Crippen LogP) is 12.7. The third-order valence-corrected chi connectivity index (χ3v) is 26.1. The second-order valence-corrected chi connectivity index (χ2v) is 29.4. The molecule has 2 bridgehead atoms. The molecule has 0 aromatic heterocycles. The van der Waals surface area contributed by atoms with Crippen molar-refractivity contribution in [3.05, 3.63) is 40.3 Å². The van der Waals surface area contributed by atoms with Crippen molar-refractivity contribution in [3.63, 3.8) is 0 Å². The van der Waals surface area contributed by atoms with Gasteiger partial charge in [0.2, 0.25) is 8.40 Å². The summed E-state index contributed by atoms with van der Waals surface area (Å²) in [7, 11) is -2.69. The average Bonchev–Trinajstić information content (AvgIpc) is 3.56. The maximum atomic E-state index is 4.42. The zero-order valence-electron chi connectivity index (χ0n) is 36.6. The third-order valence-electron chi connectivity index (χ3n) is 11.0. The van der Waals surface area contributed by atoms with Gasteiger partial charge < -0.3 is 4.57 Å². The number of anilines is 1. The maximum absolute atomic E-state index is 4.42. The van der Waals surface area contributed by atoms with Gasteiger partial charge in [-0.25, -0.2) is 0 Å². The van der Waals surface area contributed by atoms with Crippen LogP contribution in [-0.4, -0.2) is 70.8 Å². The molecule has 2 atom stereocenters. The molecule has 51 heavy (non-hydrogen) atoms. The zero-order valence-corrected chi connectivity index (χ0v) is 40.4. The van der Waals surface area contributed by atoms with Crippen LogP contribution in [0.2, 0.25) is 13.1 Å². The van der Waals surface area contributed by atoms with E-state index in [2.05, 4.69) is 184 Å². The van der Waals surface area contributed by atoms with Crippen molar-refractivity contribution in [2.24, 2.45) is 11.8 Å². The van der Waals surface area contributed by atoms with Gasteiger partial charge >= 0.3 is 0 Å². The largest absolute Gasteiger partial charge is 0.310 e. The van der Waals surface area contributed by atoms with Crippen molar-refractivity contribution in [3.8, 4) is 5.24 Å². The second kappa shape index (κ2) is 16.0. The Kier molecular flexibility index (Phi) is 13.6. The van der Waals surface area contributed by atoms with E-state index in [1.807, 2.05) is 0 Å². The van der Waals surface area contributed by atoms with Crippen molar-refractivity contribution in [1.29, 1.82) is 0 Å². The highest BCUT2D eigenvalue weighted by Gasteiger charge is 2.61. The molecule has 1 aliphatic heterocycles. The molecule has 0 spiro atoms. The Morgan fingerprint density at radius 2 is 1.14 bits per heavy atom. The van der Waals surface area contributed by atoms with E-state index in [0.29, 0.717) is 57.0 Å². The number of allylic oxidation sites excluding steroid dienone is 2. The number of nitrogens with zero attached hydrogens (tertiary/aromatic N) is 5. The zero-order chi connectivity index (χ0) is 38.7. The van der Waals surface area contributed by atoms with Crippen LogP contribution in [0.1, 0.15) is 167 Å². The third kappa shape index (κ3) is 8.44. The lowest BCUT2D eigenvalue weighted by Gasteiger charge is -2.68. The first-order valence-corrected chi connectivity index (χ1v) is 26.6. The molecule has 2 fully saturated rings. The summed E-state index contributed by atoms with van der Waals surface area (Å²) in [4.78, 5) is 0. The highest BCUT2D eigenvalue weighted by atomic mass is 31.1. The van der Waals surface area contributed by atoms with Gasteiger partial charge in [-0.2, -0.15) is 0 Å². The van der Waals surface area contributed by atoms with Gasteiger partial charge in [0.15, 0.2) is 0 Å². The van der Waals surface area contributed by atoms with Crippen LogP contribution >= 0.6 is 16.4 Å². The lowest BCUT2D eigenvalue weighted by Crippen LogP contribution is -2.76. The Hall–Kier alpha value is -0.326. The van der Waals surface area contributed by atoms with E-state index in [1.54, 1.807) is 11.0 Å². The Labute approximate surface area is 322 Å². The van der Waals surface area contributed by atoms with E-state index in [1.165, 1.54) is 36.1 Å². The molecule has 0 unspecified atom stereocenters. The first kappa shape index (κ1) is 43.4. The van der Waals surface area contributed by atoms with Crippen LogP contribution in [0.5, 0.6) is 0 Å².